The normalized spacial score (nSPS) is 14.2. The maximum atomic E-state index is 12.6. The van der Waals surface area contributed by atoms with E-state index in [0.717, 1.165) is 53.7 Å². The molecule has 0 unspecified atom stereocenters. The van der Waals surface area contributed by atoms with Crippen LogP contribution in [0.15, 0.2) is 53.9 Å². The number of thioether (sulfide) groups is 1. The first-order chi connectivity index (χ1) is 13.7. The summed E-state index contributed by atoms with van der Waals surface area (Å²) >= 11 is 1.45. The van der Waals surface area contributed by atoms with Crippen LogP contribution in [0, 0.1) is 6.92 Å². The minimum absolute atomic E-state index is 0.175. The van der Waals surface area contributed by atoms with E-state index in [4.69, 9.17) is 0 Å². The smallest absolute Gasteiger partial charge is 0.233 e. The summed E-state index contributed by atoms with van der Waals surface area (Å²) < 4.78 is 2.04. The molecule has 1 aliphatic rings. The average molecular weight is 394 g/mol. The van der Waals surface area contributed by atoms with Gasteiger partial charge < -0.3 is 4.90 Å². The molecule has 3 aromatic rings. The Bertz CT molecular complexity index is 950. The summed E-state index contributed by atoms with van der Waals surface area (Å²) in [5.41, 5.74) is 3.09. The number of piperidine rings is 1. The van der Waals surface area contributed by atoms with Gasteiger partial charge in [0.2, 0.25) is 5.91 Å². The van der Waals surface area contributed by atoms with Crippen molar-refractivity contribution < 1.29 is 4.79 Å². The molecule has 2 aromatic heterocycles. The SMILES string of the molecule is Cc1ccccc1-n1c(SCC(=O)N2CCCCC2)nnc1-c1ccncc1. The fourth-order valence-electron chi connectivity index (χ4n) is 3.44. The van der Waals surface area contributed by atoms with Crippen LogP contribution in [-0.4, -0.2) is 49.4 Å². The zero-order valence-electron chi connectivity index (χ0n) is 15.9. The second kappa shape index (κ2) is 8.56. The number of hydrogen-bond acceptors (Lipinski definition) is 5. The molecule has 28 heavy (non-hydrogen) atoms. The molecule has 0 bridgehead atoms. The monoisotopic (exact) mass is 393 g/mol. The third-order valence-corrected chi connectivity index (χ3v) is 5.88. The van der Waals surface area contributed by atoms with Crippen LogP contribution < -0.4 is 0 Å². The van der Waals surface area contributed by atoms with Crippen molar-refractivity contribution in [1.29, 1.82) is 0 Å². The maximum absolute atomic E-state index is 12.6. The number of hydrogen-bond donors (Lipinski definition) is 0. The summed E-state index contributed by atoms with van der Waals surface area (Å²) in [6.45, 7) is 3.80. The van der Waals surface area contributed by atoms with E-state index < -0.39 is 0 Å². The van der Waals surface area contributed by atoms with Crippen molar-refractivity contribution in [1.82, 2.24) is 24.6 Å². The molecule has 0 radical (unpaired) electrons. The zero-order chi connectivity index (χ0) is 19.3. The van der Waals surface area contributed by atoms with E-state index >= 15 is 0 Å². The lowest BCUT2D eigenvalue weighted by Gasteiger charge is -2.26. The van der Waals surface area contributed by atoms with Crippen LogP contribution in [0.3, 0.4) is 0 Å². The Morgan fingerprint density at radius 3 is 2.54 bits per heavy atom. The van der Waals surface area contributed by atoms with Gasteiger partial charge in [0, 0.05) is 31.0 Å². The second-order valence-electron chi connectivity index (χ2n) is 6.89. The van der Waals surface area contributed by atoms with E-state index in [9.17, 15) is 4.79 Å². The predicted octanol–water partition coefficient (Wildman–Crippen LogP) is 3.74. The quantitative estimate of drug-likeness (QED) is 0.618. The minimum atomic E-state index is 0.175. The minimum Gasteiger partial charge on any atom is -0.342 e. The molecular weight excluding hydrogens is 370 g/mol. The molecule has 1 aliphatic heterocycles. The van der Waals surface area contributed by atoms with E-state index in [2.05, 4.69) is 34.2 Å². The Morgan fingerprint density at radius 1 is 1.04 bits per heavy atom. The second-order valence-corrected chi connectivity index (χ2v) is 7.84. The van der Waals surface area contributed by atoms with Gasteiger partial charge in [-0.3, -0.25) is 14.3 Å². The summed E-state index contributed by atoms with van der Waals surface area (Å²) in [6.07, 6.45) is 6.91. The van der Waals surface area contributed by atoms with Crippen molar-refractivity contribution in [3.63, 3.8) is 0 Å². The highest BCUT2D eigenvalue weighted by Gasteiger charge is 2.21. The number of likely N-dealkylation sites (tertiary alicyclic amines) is 1. The average Bonchev–Trinajstić information content (AvgIpc) is 3.17. The number of benzene rings is 1. The van der Waals surface area contributed by atoms with E-state index in [0.29, 0.717) is 5.75 Å². The van der Waals surface area contributed by atoms with Crippen molar-refractivity contribution in [2.75, 3.05) is 18.8 Å². The number of aromatic nitrogens is 4. The lowest BCUT2D eigenvalue weighted by molar-refractivity contribution is -0.129. The number of pyridine rings is 1. The van der Waals surface area contributed by atoms with Gasteiger partial charge in [-0.2, -0.15) is 0 Å². The Morgan fingerprint density at radius 2 is 1.79 bits per heavy atom. The highest BCUT2D eigenvalue weighted by molar-refractivity contribution is 7.99. The first-order valence-corrected chi connectivity index (χ1v) is 10.5. The molecule has 0 spiro atoms. The molecule has 1 aromatic carbocycles. The van der Waals surface area contributed by atoms with Crippen LogP contribution in [0.1, 0.15) is 24.8 Å². The summed E-state index contributed by atoms with van der Waals surface area (Å²) in [4.78, 5) is 18.7. The first kappa shape index (κ1) is 18.7. The number of carbonyl (C=O) groups is 1. The Balaban J connectivity index is 1.65. The molecule has 7 heteroatoms. The van der Waals surface area contributed by atoms with E-state index in [1.54, 1.807) is 12.4 Å². The number of nitrogens with zero attached hydrogens (tertiary/aromatic N) is 5. The van der Waals surface area contributed by atoms with Crippen molar-refractivity contribution >= 4 is 17.7 Å². The number of aryl methyl sites for hydroxylation is 1. The molecule has 3 heterocycles. The topological polar surface area (TPSA) is 63.9 Å². The van der Waals surface area contributed by atoms with Gasteiger partial charge in [0.25, 0.3) is 0 Å². The lowest BCUT2D eigenvalue weighted by atomic mass is 10.1. The van der Waals surface area contributed by atoms with Crippen LogP contribution in [0.4, 0.5) is 0 Å². The Hall–Kier alpha value is -2.67. The van der Waals surface area contributed by atoms with Crippen molar-refractivity contribution in [2.45, 2.75) is 31.3 Å². The molecule has 1 saturated heterocycles. The lowest BCUT2D eigenvalue weighted by Crippen LogP contribution is -2.36. The largest absolute Gasteiger partial charge is 0.342 e. The molecule has 4 rings (SSSR count). The van der Waals surface area contributed by atoms with Gasteiger partial charge in [0.1, 0.15) is 0 Å². The van der Waals surface area contributed by atoms with Crippen molar-refractivity contribution in [3.05, 3.63) is 54.4 Å². The van der Waals surface area contributed by atoms with Crippen LogP contribution in [-0.2, 0) is 4.79 Å². The first-order valence-electron chi connectivity index (χ1n) is 9.56. The van der Waals surface area contributed by atoms with Crippen molar-refractivity contribution in [3.8, 4) is 17.1 Å². The fourth-order valence-corrected chi connectivity index (χ4v) is 4.29. The summed E-state index contributed by atoms with van der Waals surface area (Å²) in [5.74, 6) is 1.31. The summed E-state index contributed by atoms with van der Waals surface area (Å²) in [6, 6.07) is 12.0. The van der Waals surface area contributed by atoms with Gasteiger partial charge >= 0.3 is 0 Å². The molecule has 1 amide bonds. The highest BCUT2D eigenvalue weighted by atomic mass is 32.2. The summed E-state index contributed by atoms with van der Waals surface area (Å²) in [7, 11) is 0. The van der Waals surface area contributed by atoms with Crippen LogP contribution in [0.25, 0.3) is 17.1 Å². The Kier molecular flexibility index (Phi) is 5.71. The summed E-state index contributed by atoms with van der Waals surface area (Å²) in [5, 5.41) is 9.57. The zero-order valence-corrected chi connectivity index (χ0v) is 16.7. The van der Waals surface area contributed by atoms with Gasteiger partial charge in [0.15, 0.2) is 11.0 Å². The number of para-hydroxylation sites is 1. The van der Waals surface area contributed by atoms with Crippen LogP contribution in [0.2, 0.25) is 0 Å². The molecule has 1 fully saturated rings. The van der Waals surface area contributed by atoms with E-state index in [1.807, 2.05) is 33.7 Å². The number of carbonyl (C=O) groups excluding carboxylic acids is 1. The molecular formula is C21H23N5OS. The van der Waals surface area contributed by atoms with Crippen LogP contribution in [0.5, 0.6) is 0 Å². The standard InChI is InChI=1S/C21H23N5OS/c1-16-7-3-4-8-18(16)26-20(17-9-11-22-12-10-17)23-24-21(26)28-15-19(27)25-13-5-2-6-14-25/h3-4,7-12H,2,5-6,13-15H2,1H3. The molecule has 0 N–H and O–H groups in total. The van der Waals surface area contributed by atoms with Crippen molar-refractivity contribution in [2.24, 2.45) is 0 Å². The van der Waals surface area contributed by atoms with Gasteiger partial charge in [-0.25, -0.2) is 0 Å². The molecule has 144 valence electrons. The van der Waals surface area contributed by atoms with Gasteiger partial charge in [-0.15, -0.1) is 10.2 Å². The van der Waals surface area contributed by atoms with Crippen LogP contribution >= 0.6 is 11.8 Å². The molecule has 0 aliphatic carbocycles. The molecule has 0 atom stereocenters. The number of amides is 1. The van der Waals surface area contributed by atoms with E-state index in [1.165, 1.54) is 18.2 Å². The molecule has 0 saturated carbocycles. The number of rotatable bonds is 5. The van der Waals surface area contributed by atoms with Gasteiger partial charge in [-0.1, -0.05) is 30.0 Å². The predicted molar refractivity (Wildman–Crippen MR) is 110 cm³/mol. The van der Waals surface area contributed by atoms with Gasteiger partial charge in [0.05, 0.1) is 11.4 Å². The third-order valence-electron chi connectivity index (χ3n) is 4.96. The fraction of sp³-hybridized carbons (Fsp3) is 0.333. The molecule has 6 nitrogen and oxygen atoms in total. The maximum Gasteiger partial charge on any atom is 0.233 e. The van der Waals surface area contributed by atoms with E-state index in [-0.39, 0.29) is 5.91 Å². The highest BCUT2D eigenvalue weighted by Crippen LogP contribution is 2.29. The Labute approximate surface area is 169 Å². The third kappa shape index (κ3) is 3.94. The van der Waals surface area contributed by atoms with Gasteiger partial charge in [-0.05, 0) is 49.9 Å².